The molecule has 0 aliphatic heterocycles. The molecule has 0 spiro atoms. The Balaban J connectivity index is 0.000000192. The van der Waals surface area contributed by atoms with Gasteiger partial charge in [0.15, 0.2) is 0 Å². The van der Waals surface area contributed by atoms with E-state index in [0.29, 0.717) is 11.8 Å². The van der Waals surface area contributed by atoms with Crippen LogP contribution in [0.3, 0.4) is 0 Å². The van der Waals surface area contributed by atoms with Gasteiger partial charge >= 0.3 is 86.7 Å². The van der Waals surface area contributed by atoms with Crippen molar-refractivity contribution in [1.82, 2.24) is 0 Å². The van der Waals surface area contributed by atoms with Gasteiger partial charge in [-0.2, -0.15) is 11.6 Å². The van der Waals surface area contributed by atoms with Crippen molar-refractivity contribution in [2.24, 2.45) is 11.8 Å². The molecule has 188 valence electrons. The minimum absolute atomic E-state index is 0. The maximum Gasteiger partial charge on any atom is -0.0771 e. The van der Waals surface area contributed by atoms with Crippen molar-refractivity contribution in [2.45, 2.75) is 27.7 Å². The van der Waals surface area contributed by atoms with Crippen LogP contribution in [0.4, 0.5) is 0 Å². The third-order valence-electron chi connectivity index (χ3n) is 6.43. The zero-order valence-corrected chi connectivity index (χ0v) is 25.8. The van der Waals surface area contributed by atoms with E-state index in [4.69, 9.17) is 0 Å². The topological polar surface area (TPSA) is 0 Å². The van der Waals surface area contributed by atoms with Crippen LogP contribution < -0.4 is 24.8 Å². The number of hydrogen-bond acceptors (Lipinski definition) is 0. The first-order chi connectivity index (χ1) is 17.0. The number of halogens is 2. The molecular formula is C34H32Cl2Zr-2. The second-order valence-electron chi connectivity index (χ2n) is 9.37. The van der Waals surface area contributed by atoms with Crippen LogP contribution in [0.1, 0.15) is 33.3 Å². The van der Waals surface area contributed by atoms with Crippen LogP contribution >= 0.6 is 0 Å². The van der Waals surface area contributed by atoms with Crippen molar-refractivity contribution >= 4 is 36.0 Å². The molecule has 0 radical (unpaired) electrons. The van der Waals surface area contributed by atoms with Crippen molar-refractivity contribution in [2.75, 3.05) is 0 Å². The molecule has 5 aromatic carbocycles. The Hall–Kier alpha value is -2.18. The van der Waals surface area contributed by atoms with Gasteiger partial charge in [0.2, 0.25) is 0 Å². The monoisotopic (exact) mass is 600 g/mol. The predicted molar refractivity (Wildman–Crippen MR) is 151 cm³/mol. The van der Waals surface area contributed by atoms with E-state index >= 15 is 0 Å². The quantitative estimate of drug-likeness (QED) is 0.273. The van der Waals surface area contributed by atoms with E-state index in [9.17, 15) is 0 Å². The molecule has 0 nitrogen and oxygen atoms in total. The largest absolute Gasteiger partial charge is 0.126 e. The molecule has 0 bridgehead atoms. The third-order valence-corrected chi connectivity index (χ3v) is 7.19. The maximum atomic E-state index is 3.37. The summed E-state index contributed by atoms with van der Waals surface area (Å²) in [6.07, 6.45) is 5.68. The van der Waals surface area contributed by atoms with Gasteiger partial charge in [-0.25, -0.2) is 5.57 Å². The van der Waals surface area contributed by atoms with E-state index in [-0.39, 0.29) is 24.8 Å². The van der Waals surface area contributed by atoms with Crippen molar-refractivity contribution in [3.05, 3.63) is 126 Å². The molecule has 0 heterocycles. The second kappa shape index (κ2) is 14.7. The first-order valence-corrected chi connectivity index (χ1v) is 13.7. The molecule has 5 aromatic rings. The molecule has 3 heteroatoms. The van der Waals surface area contributed by atoms with Gasteiger partial charge in [0, 0.05) is 0 Å². The molecule has 0 saturated heterocycles. The molecule has 0 amide bonds. The summed E-state index contributed by atoms with van der Waals surface area (Å²) < 4.78 is 2.23. The Morgan fingerprint density at radius 2 is 1.27 bits per heavy atom. The molecule has 0 N–H and O–H groups in total. The first-order valence-electron chi connectivity index (χ1n) is 12.3. The Morgan fingerprint density at radius 1 is 0.757 bits per heavy atom. The molecule has 1 aliphatic carbocycles. The number of benzene rings is 4. The van der Waals surface area contributed by atoms with Crippen LogP contribution in [0, 0.1) is 17.9 Å². The van der Waals surface area contributed by atoms with Crippen molar-refractivity contribution in [3.63, 3.8) is 0 Å². The van der Waals surface area contributed by atoms with Crippen molar-refractivity contribution in [1.29, 1.82) is 0 Å². The number of allylic oxidation sites excluding steroid dienone is 4. The molecular weight excluding hydrogens is 571 g/mol. The Labute approximate surface area is 249 Å². The summed E-state index contributed by atoms with van der Waals surface area (Å²) in [5.74, 6) is 1.20. The number of rotatable bonds is 2. The van der Waals surface area contributed by atoms with E-state index in [1.165, 1.54) is 73.3 Å². The van der Waals surface area contributed by atoms with Gasteiger partial charge in [0.1, 0.15) is 0 Å². The van der Waals surface area contributed by atoms with Crippen LogP contribution in [0.2, 0.25) is 0 Å². The van der Waals surface area contributed by atoms with Crippen LogP contribution in [0.15, 0.2) is 114 Å². The molecule has 1 unspecified atom stereocenters. The zero-order chi connectivity index (χ0) is 24.8. The average Bonchev–Trinajstić information content (AvgIpc) is 3.43. The van der Waals surface area contributed by atoms with Gasteiger partial charge in [0.05, 0.1) is 0 Å². The first kappa shape index (κ1) is 31.0. The van der Waals surface area contributed by atoms with Crippen LogP contribution in [-0.2, 0) is 24.2 Å². The van der Waals surface area contributed by atoms with Gasteiger partial charge in [-0.05, 0) is 0 Å². The third kappa shape index (κ3) is 7.67. The Morgan fingerprint density at radius 3 is 1.76 bits per heavy atom. The van der Waals surface area contributed by atoms with Gasteiger partial charge in [-0.15, -0.1) is 39.7 Å². The van der Waals surface area contributed by atoms with E-state index in [1.54, 1.807) is 0 Å². The van der Waals surface area contributed by atoms with E-state index < -0.39 is 0 Å². The molecule has 0 fully saturated rings. The summed E-state index contributed by atoms with van der Waals surface area (Å²) in [6, 6.07) is 34.2. The van der Waals surface area contributed by atoms with E-state index in [1.807, 2.05) is 0 Å². The van der Waals surface area contributed by atoms with Gasteiger partial charge in [-0.3, -0.25) is 6.08 Å². The van der Waals surface area contributed by atoms with Gasteiger partial charge in [-0.1, -0.05) is 75.9 Å². The minimum Gasteiger partial charge on any atom is -0.126 e. The molecule has 37 heavy (non-hydrogen) atoms. The molecule has 1 atom stereocenters. The SMILES string of the molecule is CC1=[C-]C(C)C=C1C(C)C.[Cl-].[Cl-].[Zr+2]=[CH]c1cccc2ccccc12.c1ccc2c(c1)[cH-]c1ccccc12. The smallest absolute Gasteiger partial charge is 0.0771 e. The normalized spacial score (nSPS) is 14.0. The number of fused-ring (bicyclic) bond motifs is 4. The fourth-order valence-corrected chi connectivity index (χ4v) is 5.39. The van der Waals surface area contributed by atoms with Gasteiger partial charge < -0.3 is 24.8 Å². The molecule has 0 aromatic heterocycles. The zero-order valence-electron chi connectivity index (χ0n) is 21.8. The van der Waals surface area contributed by atoms with Crippen LogP contribution in [-0.4, -0.2) is 3.71 Å². The van der Waals surface area contributed by atoms with E-state index in [0.717, 1.165) is 0 Å². The summed E-state index contributed by atoms with van der Waals surface area (Å²) in [5, 5.41) is 8.08. The number of hydrogen-bond donors (Lipinski definition) is 0. The summed E-state index contributed by atoms with van der Waals surface area (Å²) in [7, 11) is 0. The van der Waals surface area contributed by atoms with Crippen LogP contribution in [0.5, 0.6) is 0 Å². The van der Waals surface area contributed by atoms with E-state index in [2.05, 4.69) is 141 Å². The summed E-state index contributed by atoms with van der Waals surface area (Å²) in [4.78, 5) is 0. The average molecular weight is 603 g/mol. The Bertz CT molecular complexity index is 1470. The molecule has 0 saturated carbocycles. The van der Waals surface area contributed by atoms with Crippen LogP contribution in [0.25, 0.3) is 32.3 Å². The molecule has 1 aliphatic rings. The molecule has 6 rings (SSSR count). The predicted octanol–water partition coefficient (Wildman–Crippen LogP) is 3.22. The minimum atomic E-state index is 0. The summed E-state index contributed by atoms with van der Waals surface area (Å²) >= 11 is 1.46. The Kier molecular flexibility index (Phi) is 12.3. The van der Waals surface area contributed by atoms with Gasteiger partial charge in [0.25, 0.3) is 0 Å². The summed E-state index contributed by atoms with van der Waals surface area (Å²) in [6.45, 7) is 8.79. The standard InChI is InChI=1S/C13H9.C11H8.C10H15.2ClH.Zr/c1-3-7-12-10(5-1)9-11-6-2-4-8-13(11)12;1-9-5-4-7-10-6-2-3-8-11(9)10;1-7(2)10-6-8(3)5-9(10)4;;;/h1-9H;1-8H;6-8H,1-4H3;2*1H;/q-1;;-1;;;+2/p-2. The second-order valence-corrected chi connectivity index (χ2v) is 10.1. The van der Waals surface area contributed by atoms with Crippen molar-refractivity contribution < 1.29 is 49.0 Å². The fourth-order valence-electron chi connectivity index (χ4n) is 4.77. The fraction of sp³-hybridized carbons (Fsp3) is 0.176. The maximum absolute atomic E-state index is 3.37. The summed E-state index contributed by atoms with van der Waals surface area (Å²) in [5.41, 5.74) is 4.18. The van der Waals surface area contributed by atoms with Crippen molar-refractivity contribution in [3.8, 4) is 0 Å².